The topological polar surface area (TPSA) is 127 Å². The maximum absolute atomic E-state index is 12.0. The van der Waals surface area contributed by atoms with Gasteiger partial charge in [-0.25, -0.2) is 13.1 Å². The first-order valence-corrected chi connectivity index (χ1v) is 14.7. The fourth-order valence-electron chi connectivity index (χ4n) is 4.31. The quantitative estimate of drug-likeness (QED) is 0.400. The first kappa shape index (κ1) is 28.2. The Labute approximate surface area is 229 Å². The van der Waals surface area contributed by atoms with Crippen LogP contribution in [0.5, 0.6) is 11.5 Å². The van der Waals surface area contributed by atoms with Gasteiger partial charge in [0.2, 0.25) is 10.0 Å². The molecule has 0 atom stereocenters. The van der Waals surface area contributed by atoms with Gasteiger partial charge in [0.05, 0.1) is 25.2 Å². The smallest absolute Gasteiger partial charge is 0.285 e. The number of pyridine rings is 1. The van der Waals surface area contributed by atoms with Gasteiger partial charge < -0.3 is 14.4 Å². The highest BCUT2D eigenvalue weighted by atomic mass is 32.2. The van der Waals surface area contributed by atoms with Crippen molar-refractivity contribution in [3.05, 3.63) is 60.0 Å². The Bertz CT molecular complexity index is 1390. The van der Waals surface area contributed by atoms with Gasteiger partial charge in [-0.3, -0.25) is 14.7 Å². The van der Waals surface area contributed by atoms with Gasteiger partial charge in [-0.2, -0.15) is 0 Å². The standard InChI is InChI=1S/C27H34N6O5S/c1-5-37-24-15-22(16-28-17-24)21-12-20(13-23(14-21)38-19(2)3)18-32-8-10-33(11-9-32)26-7-6-25(29-30-26)27(34)31-39(4,35)36/h6-7,12-17,19H,5,8-11,18H2,1-4H3,(H,31,34). The third kappa shape index (κ3) is 8.11. The average molecular weight is 555 g/mol. The first-order chi connectivity index (χ1) is 18.6. The van der Waals surface area contributed by atoms with E-state index in [2.05, 4.69) is 37.1 Å². The largest absolute Gasteiger partial charge is 0.492 e. The fourth-order valence-corrected chi connectivity index (χ4v) is 4.75. The number of ether oxygens (including phenoxy) is 2. The summed E-state index contributed by atoms with van der Waals surface area (Å²) in [5.74, 6) is 1.38. The Kier molecular flexibility index (Phi) is 8.97. The van der Waals surface area contributed by atoms with Crippen molar-refractivity contribution in [2.45, 2.75) is 33.4 Å². The predicted molar refractivity (Wildman–Crippen MR) is 148 cm³/mol. The van der Waals surface area contributed by atoms with Gasteiger partial charge in [-0.05, 0) is 68.3 Å². The molecule has 1 aliphatic heterocycles. The Hall–Kier alpha value is -3.77. The molecule has 0 aliphatic carbocycles. The third-order valence-electron chi connectivity index (χ3n) is 5.96. The number of carbonyl (C=O) groups excluding carboxylic acids is 1. The molecular weight excluding hydrogens is 520 g/mol. The highest BCUT2D eigenvalue weighted by Gasteiger charge is 2.20. The molecule has 39 heavy (non-hydrogen) atoms. The molecule has 12 heteroatoms. The van der Waals surface area contributed by atoms with E-state index in [0.29, 0.717) is 12.4 Å². The van der Waals surface area contributed by atoms with E-state index in [1.54, 1.807) is 12.3 Å². The van der Waals surface area contributed by atoms with Crippen LogP contribution in [0, 0.1) is 0 Å². The number of piperazine rings is 1. The molecule has 1 aliphatic rings. The number of rotatable bonds is 10. The number of aromatic nitrogens is 3. The number of hydrogen-bond donors (Lipinski definition) is 1. The van der Waals surface area contributed by atoms with Crippen molar-refractivity contribution in [2.24, 2.45) is 0 Å². The fraction of sp³-hybridized carbons (Fsp3) is 0.407. The lowest BCUT2D eigenvalue weighted by Crippen LogP contribution is -2.46. The lowest BCUT2D eigenvalue weighted by molar-refractivity contribution is 0.0976. The van der Waals surface area contributed by atoms with E-state index in [1.165, 1.54) is 6.07 Å². The molecule has 0 spiro atoms. The van der Waals surface area contributed by atoms with Crippen molar-refractivity contribution in [1.29, 1.82) is 0 Å². The van der Waals surface area contributed by atoms with Crippen LogP contribution in [-0.2, 0) is 16.6 Å². The lowest BCUT2D eigenvalue weighted by atomic mass is 10.0. The van der Waals surface area contributed by atoms with E-state index >= 15 is 0 Å². The van der Waals surface area contributed by atoms with E-state index in [0.717, 1.165) is 67.2 Å². The molecule has 1 N–H and O–H groups in total. The van der Waals surface area contributed by atoms with Gasteiger partial charge >= 0.3 is 0 Å². The zero-order valence-electron chi connectivity index (χ0n) is 22.6. The SMILES string of the molecule is CCOc1cncc(-c2cc(CN3CCN(c4ccc(C(=O)NS(C)(=O)=O)nn4)CC3)cc(OC(C)C)c2)c1. The van der Waals surface area contributed by atoms with Crippen LogP contribution in [0.15, 0.2) is 48.8 Å². The van der Waals surface area contributed by atoms with Crippen molar-refractivity contribution in [2.75, 3.05) is 43.9 Å². The number of amides is 1. The van der Waals surface area contributed by atoms with Gasteiger partial charge in [0, 0.05) is 44.5 Å². The van der Waals surface area contributed by atoms with Crippen molar-refractivity contribution in [3.8, 4) is 22.6 Å². The third-order valence-corrected chi connectivity index (χ3v) is 6.52. The number of carbonyl (C=O) groups is 1. The summed E-state index contributed by atoms with van der Waals surface area (Å²) in [7, 11) is -3.67. The summed E-state index contributed by atoms with van der Waals surface area (Å²) in [6.45, 7) is 10.4. The molecule has 0 unspecified atom stereocenters. The molecule has 1 saturated heterocycles. The highest BCUT2D eigenvalue weighted by molar-refractivity contribution is 7.89. The van der Waals surface area contributed by atoms with Crippen molar-refractivity contribution in [1.82, 2.24) is 24.8 Å². The minimum atomic E-state index is -3.67. The normalized spacial score (nSPS) is 14.3. The van der Waals surface area contributed by atoms with Crippen LogP contribution in [-0.4, -0.2) is 79.6 Å². The van der Waals surface area contributed by atoms with Crippen LogP contribution in [0.3, 0.4) is 0 Å². The van der Waals surface area contributed by atoms with Crippen molar-refractivity contribution >= 4 is 21.7 Å². The molecule has 2 aromatic heterocycles. The molecule has 0 radical (unpaired) electrons. The van der Waals surface area contributed by atoms with Gasteiger partial charge in [-0.1, -0.05) is 0 Å². The minimum absolute atomic E-state index is 0.0504. The zero-order chi connectivity index (χ0) is 28.0. The second-order valence-corrected chi connectivity index (χ2v) is 11.4. The molecule has 1 fully saturated rings. The van der Waals surface area contributed by atoms with Gasteiger partial charge in [-0.15, -0.1) is 10.2 Å². The van der Waals surface area contributed by atoms with Crippen LogP contribution < -0.4 is 19.1 Å². The van der Waals surface area contributed by atoms with Gasteiger partial charge in [0.1, 0.15) is 11.5 Å². The summed E-state index contributed by atoms with van der Waals surface area (Å²) in [5.41, 5.74) is 3.07. The van der Waals surface area contributed by atoms with E-state index in [-0.39, 0.29) is 11.8 Å². The summed E-state index contributed by atoms with van der Waals surface area (Å²) < 4.78 is 36.1. The van der Waals surface area contributed by atoms with Gasteiger partial charge in [0.25, 0.3) is 5.91 Å². The number of anilines is 1. The second kappa shape index (κ2) is 12.4. The monoisotopic (exact) mass is 554 g/mol. The minimum Gasteiger partial charge on any atom is -0.492 e. The Morgan fingerprint density at radius 3 is 2.38 bits per heavy atom. The number of sulfonamides is 1. The number of hydrogen-bond acceptors (Lipinski definition) is 10. The maximum atomic E-state index is 12.0. The van der Waals surface area contributed by atoms with E-state index < -0.39 is 15.9 Å². The first-order valence-electron chi connectivity index (χ1n) is 12.8. The number of nitrogens with one attached hydrogen (secondary N) is 1. The van der Waals surface area contributed by atoms with Gasteiger partial charge in [0.15, 0.2) is 11.5 Å². The molecule has 1 amide bonds. The van der Waals surface area contributed by atoms with Crippen molar-refractivity contribution in [3.63, 3.8) is 0 Å². The lowest BCUT2D eigenvalue weighted by Gasteiger charge is -2.35. The number of benzene rings is 1. The Balaban J connectivity index is 1.43. The van der Waals surface area contributed by atoms with E-state index in [1.807, 2.05) is 43.8 Å². The predicted octanol–water partition coefficient (Wildman–Crippen LogP) is 2.74. The summed E-state index contributed by atoms with van der Waals surface area (Å²) in [6, 6.07) is 11.4. The van der Waals surface area contributed by atoms with Crippen LogP contribution >= 0.6 is 0 Å². The summed E-state index contributed by atoms with van der Waals surface area (Å²) in [6.07, 6.45) is 4.51. The molecule has 11 nitrogen and oxygen atoms in total. The molecular formula is C27H34N6O5S. The van der Waals surface area contributed by atoms with Crippen LogP contribution in [0.4, 0.5) is 5.82 Å². The molecule has 1 aromatic carbocycles. The number of nitrogens with zero attached hydrogens (tertiary/aromatic N) is 5. The van der Waals surface area contributed by atoms with E-state index in [9.17, 15) is 13.2 Å². The Morgan fingerprint density at radius 1 is 1.00 bits per heavy atom. The summed E-state index contributed by atoms with van der Waals surface area (Å²) in [4.78, 5) is 20.8. The van der Waals surface area contributed by atoms with E-state index in [4.69, 9.17) is 9.47 Å². The Morgan fingerprint density at radius 2 is 1.74 bits per heavy atom. The zero-order valence-corrected chi connectivity index (χ0v) is 23.4. The van der Waals surface area contributed by atoms with Crippen molar-refractivity contribution < 1.29 is 22.7 Å². The second-order valence-electron chi connectivity index (χ2n) is 9.62. The summed E-state index contributed by atoms with van der Waals surface area (Å²) >= 11 is 0. The molecule has 3 aromatic rings. The molecule has 4 rings (SSSR count). The molecule has 0 saturated carbocycles. The molecule has 0 bridgehead atoms. The molecule has 3 heterocycles. The highest BCUT2D eigenvalue weighted by Crippen LogP contribution is 2.29. The average Bonchev–Trinajstić information content (AvgIpc) is 2.88. The molecule has 208 valence electrons. The summed E-state index contributed by atoms with van der Waals surface area (Å²) in [5, 5.41) is 8.04. The van der Waals surface area contributed by atoms with Crippen LogP contribution in [0.2, 0.25) is 0 Å². The van der Waals surface area contributed by atoms with Crippen LogP contribution in [0.1, 0.15) is 36.8 Å². The van der Waals surface area contributed by atoms with Crippen LogP contribution in [0.25, 0.3) is 11.1 Å². The maximum Gasteiger partial charge on any atom is 0.285 e.